The average molecular weight is 379 g/mol. The molecule has 0 saturated heterocycles. The molecule has 134 valence electrons. The number of aromatic nitrogens is 3. The summed E-state index contributed by atoms with van der Waals surface area (Å²) in [5.41, 5.74) is 2.35. The number of aliphatic hydroxyl groups is 1. The zero-order valence-electron chi connectivity index (χ0n) is 14.0. The lowest BCUT2D eigenvalue weighted by atomic mass is 10.1. The van der Waals surface area contributed by atoms with Crippen molar-refractivity contribution < 1.29 is 9.50 Å². The van der Waals surface area contributed by atoms with E-state index in [9.17, 15) is 14.3 Å². The number of aromatic amines is 1. The first kappa shape index (κ1) is 17.3. The third-order valence-corrected chi connectivity index (χ3v) is 5.19. The molecule has 1 unspecified atom stereocenters. The van der Waals surface area contributed by atoms with Crippen molar-refractivity contribution in [3.05, 3.63) is 93.9 Å². The number of hydrogen-bond acceptors (Lipinski definition) is 5. The van der Waals surface area contributed by atoms with Gasteiger partial charge in [-0.2, -0.15) is 0 Å². The van der Waals surface area contributed by atoms with Crippen LogP contribution in [0.25, 0.3) is 21.7 Å². The summed E-state index contributed by atoms with van der Waals surface area (Å²) in [6.07, 6.45) is 3.82. The summed E-state index contributed by atoms with van der Waals surface area (Å²) in [6.45, 7) is 0. The molecule has 0 radical (unpaired) electrons. The fourth-order valence-corrected chi connectivity index (χ4v) is 3.82. The van der Waals surface area contributed by atoms with Gasteiger partial charge in [0.25, 0.3) is 0 Å². The lowest BCUT2D eigenvalue weighted by Crippen LogP contribution is -2.01. The lowest BCUT2D eigenvalue weighted by Gasteiger charge is -2.06. The third kappa shape index (κ3) is 3.55. The van der Waals surface area contributed by atoms with Gasteiger partial charge in [-0.1, -0.05) is 6.07 Å². The predicted molar refractivity (Wildman–Crippen MR) is 102 cm³/mol. The fraction of sp³-hybridized carbons (Fsp3) is 0.0500. The van der Waals surface area contributed by atoms with E-state index < -0.39 is 6.10 Å². The van der Waals surface area contributed by atoms with Crippen molar-refractivity contribution in [1.82, 2.24) is 15.0 Å². The molecular formula is C20H14FN3O2S. The maximum atomic E-state index is 13.3. The normalized spacial score (nSPS) is 12.1. The highest BCUT2D eigenvalue weighted by Crippen LogP contribution is 2.39. The van der Waals surface area contributed by atoms with Crippen molar-refractivity contribution in [2.45, 2.75) is 6.10 Å². The molecule has 0 fully saturated rings. The molecule has 0 bridgehead atoms. The van der Waals surface area contributed by atoms with E-state index in [0.29, 0.717) is 27.4 Å². The van der Waals surface area contributed by atoms with Crippen LogP contribution in [0.2, 0.25) is 0 Å². The largest absolute Gasteiger partial charge is 0.381 e. The van der Waals surface area contributed by atoms with Crippen molar-refractivity contribution in [2.75, 3.05) is 0 Å². The Hall–Kier alpha value is -3.16. The summed E-state index contributed by atoms with van der Waals surface area (Å²) < 4.78 is 13.3. The number of halogens is 1. The van der Waals surface area contributed by atoms with Crippen LogP contribution in [0.4, 0.5) is 4.39 Å². The minimum atomic E-state index is -0.946. The number of hydrogen-bond donors (Lipinski definition) is 2. The Morgan fingerprint density at radius 3 is 2.63 bits per heavy atom. The molecule has 7 heteroatoms. The van der Waals surface area contributed by atoms with E-state index in [1.165, 1.54) is 29.5 Å². The smallest absolute Gasteiger partial charge is 0.248 e. The highest BCUT2D eigenvalue weighted by atomic mass is 32.1. The van der Waals surface area contributed by atoms with Crippen LogP contribution in [0.3, 0.4) is 0 Å². The molecule has 0 amide bonds. The Bertz CT molecular complexity index is 1120. The van der Waals surface area contributed by atoms with E-state index in [1.54, 1.807) is 48.9 Å². The van der Waals surface area contributed by atoms with Gasteiger partial charge in [-0.3, -0.25) is 9.78 Å². The van der Waals surface area contributed by atoms with E-state index in [-0.39, 0.29) is 11.4 Å². The second-order valence-corrected chi connectivity index (χ2v) is 6.90. The van der Waals surface area contributed by atoms with Crippen molar-refractivity contribution in [1.29, 1.82) is 0 Å². The van der Waals surface area contributed by atoms with E-state index in [1.807, 2.05) is 0 Å². The molecule has 0 spiro atoms. The first-order chi connectivity index (χ1) is 13.1. The van der Waals surface area contributed by atoms with Crippen LogP contribution in [0.5, 0.6) is 0 Å². The standard InChI is InChI=1S/C20H14FN3O2S/c21-15-5-3-12(4-6-15)17-19(13-7-9-23-16(25)10-13)27-20(24-17)18(26)14-2-1-8-22-11-14/h1-11,18,26H,(H,23,25). The Balaban J connectivity index is 1.87. The first-order valence-corrected chi connectivity index (χ1v) is 8.97. The SMILES string of the molecule is O=c1cc(-c2sc(C(O)c3cccnc3)nc2-c2ccc(F)cc2)cc[nH]1. The molecule has 27 heavy (non-hydrogen) atoms. The summed E-state index contributed by atoms with van der Waals surface area (Å²) >= 11 is 1.29. The van der Waals surface area contributed by atoms with Crippen LogP contribution in [0, 0.1) is 5.82 Å². The van der Waals surface area contributed by atoms with E-state index in [0.717, 1.165) is 4.88 Å². The van der Waals surface area contributed by atoms with Crippen molar-refractivity contribution >= 4 is 11.3 Å². The number of pyridine rings is 2. The molecule has 0 aliphatic carbocycles. The summed E-state index contributed by atoms with van der Waals surface area (Å²) in [4.78, 5) is 23.7. The maximum Gasteiger partial charge on any atom is 0.248 e. The van der Waals surface area contributed by atoms with Gasteiger partial charge in [0.05, 0.1) is 10.6 Å². The van der Waals surface area contributed by atoms with Gasteiger partial charge in [0.1, 0.15) is 16.9 Å². The zero-order valence-corrected chi connectivity index (χ0v) is 14.8. The molecular weight excluding hydrogens is 365 g/mol. The number of benzene rings is 1. The van der Waals surface area contributed by atoms with Gasteiger partial charge in [-0.05, 0) is 36.4 Å². The summed E-state index contributed by atoms with van der Waals surface area (Å²) in [7, 11) is 0. The number of rotatable bonds is 4. The minimum Gasteiger partial charge on any atom is -0.381 e. The number of H-pyrrole nitrogens is 1. The Labute approximate surface area is 157 Å². The molecule has 1 aromatic carbocycles. The second kappa shape index (κ2) is 7.22. The Kier molecular flexibility index (Phi) is 4.62. The van der Waals surface area contributed by atoms with Crippen molar-refractivity contribution in [3.63, 3.8) is 0 Å². The molecule has 3 heterocycles. The summed E-state index contributed by atoms with van der Waals surface area (Å²) in [5, 5.41) is 11.2. The van der Waals surface area contributed by atoms with Gasteiger partial charge in [0.2, 0.25) is 5.56 Å². The average Bonchev–Trinajstić information content (AvgIpc) is 3.14. The Morgan fingerprint density at radius 1 is 1.11 bits per heavy atom. The molecule has 1 atom stereocenters. The maximum absolute atomic E-state index is 13.3. The molecule has 0 aliphatic rings. The molecule has 0 saturated carbocycles. The van der Waals surface area contributed by atoms with Crippen LogP contribution < -0.4 is 5.56 Å². The van der Waals surface area contributed by atoms with E-state index in [4.69, 9.17) is 0 Å². The highest BCUT2D eigenvalue weighted by Gasteiger charge is 2.21. The number of nitrogens with one attached hydrogen (secondary N) is 1. The summed E-state index contributed by atoms with van der Waals surface area (Å²) in [5.74, 6) is -0.345. The highest BCUT2D eigenvalue weighted by molar-refractivity contribution is 7.15. The van der Waals surface area contributed by atoms with Crippen LogP contribution in [0.15, 0.2) is 71.9 Å². The number of thiazole rings is 1. The minimum absolute atomic E-state index is 0.236. The van der Waals surface area contributed by atoms with E-state index in [2.05, 4.69) is 15.0 Å². The molecule has 4 rings (SSSR count). The molecule has 3 aromatic heterocycles. The van der Waals surface area contributed by atoms with Crippen LogP contribution in [-0.2, 0) is 0 Å². The molecule has 0 aliphatic heterocycles. The zero-order chi connectivity index (χ0) is 18.8. The first-order valence-electron chi connectivity index (χ1n) is 8.15. The van der Waals surface area contributed by atoms with Gasteiger partial charge in [-0.15, -0.1) is 11.3 Å². The van der Waals surface area contributed by atoms with Gasteiger partial charge < -0.3 is 10.1 Å². The van der Waals surface area contributed by atoms with Crippen molar-refractivity contribution in [3.8, 4) is 21.7 Å². The summed E-state index contributed by atoms with van der Waals surface area (Å²) in [6, 6.07) is 12.7. The monoisotopic (exact) mass is 379 g/mol. The van der Waals surface area contributed by atoms with Gasteiger partial charge in [0.15, 0.2) is 0 Å². The molecule has 4 aromatic rings. The van der Waals surface area contributed by atoms with Crippen LogP contribution >= 0.6 is 11.3 Å². The van der Waals surface area contributed by atoms with Crippen LogP contribution in [0.1, 0.15) is 16.7 Å². The fourth-order valence-electron chi connectivity index (χ4n) is 2.72. The molecule has 2 N–H and O–H groups in total. The predicted octanol–water partition coefficient (Wildman–Crippen LogP) is 3.78. The van der Waals surface area contributed by atoms with Crippen molar-refractivity contribution in [2.24, 2.45) is 0 Å². The second-order valence-electron chi connectivity index (χ2n) is 5.87. The third-order valence-electron chi connectivity index (χ3n) is 4.03. The molecule has 5 nitrogen and oxygen atoms in total. The van der Waals surface area contributed by atoms with Gasteiger partial charge >= 0.3 is 0 Å². The quantitative estimate of drug-likeness (QED) is 0.566. The van der Waals surface area contributed by atoms with Gasteiger partial charge in [-0.25, -0.2) is 9.37 Å². The topological polar surface area (TPSA) is 78.9 Å². The van der Waals surface area contributed by atoms with E-state index >= 15 is 0 Å². The Morgan fingerprint density at radius 2 is 1.93 bits per heavy atom. The lowest BCUT2D eigenvalue weighted by molar-refractivity contribution is 0.219. The van der Waals surface area contributed by atoms with Gasteiger partial charge in [0, 0.05) is 41.3 Å². The van der Waals surface area contributed by atoms with Crippen LogP contribution in [-0.4, -0.2) is 20.1 Å². The number of aliphatic hydroxyl groups excluding tert-OH is 1. The number of nitrogens with zero attached hydrogens (tertiary/aromatic N) is 2.